The van der Waals surface area contributed by atoms with E-state index in [4.69, 9.17) is 0 Å². The second kappa shape index (κ2) is 5.86. The van der Waals surface area contributed by atoms with Gasteiger partial charge in [-0.2, -0.15) is 5.01 Å². The Balaban J connectivity index is 1.77. The molecule has 0 unspecified atom stereocenters. The number of thiophene rings is 1. The zero-order valence-corrected chi connectivity index (χ0v) is 13.8. The van der Waals surface area contributed by atoms with Gasteiger partial charge in [0.25, 0.3) is 17.5 Å². The molecule has 0 atom stereocenters. The van der Waals surface area contributed by atoms with Gasteiger partial charge in [-0.3, -0.25) is 25.1 Å². The van der Waals surface area contributed by atoms with Crippen molar-refractivity contribution in [3.63, 3.8) is 0 Å². The summed E-state index contributed by atoms with van der Waals surface area (Å²) < 4.78 is 0. The maximum Gasteiger partial charge on any atom is 0.344 e. The molecule has 2 N–H and O–H groups in total. The van der Waals surface area contributed by atoms with E-state index in [1.165, 1.54) is 6.92 Å². The van der Waals surface area contributed by atoms with E-state index in [0.717, 1.165) is 36.7 Å². The van der Waals surface area contributed by atoms with E-state index in [1.54, 1.807) is 0 Å². The molecule has 1 aliphatic heterocycles. The zero-order chi connectivity index (χ0) is 17.5. The lowest BCUT2D eigenvalue weighted by molar-refractivity contribution is -0.385. The SMILES string of the molecule is Cc1sc(C(=O)NN2C(=O)NC3(CCCCC3)C2=O)cc1[N+](=O)[O-]. The number of rotatable bonds is 3. The summed E-state index contributed by atoms with van der Waals surface area (Å²) in [6.07, 6.45) is 3.78. The Hall–Kier alpha value is -2.49. The number of imide groups is 1. The van der Waals surface area contributed by atoms with Gasteiger partial charge in [-0.05, 0) is 19.8 Å². The first kappa shape index (κ1) is 16.4. The van der Waals surface area contributed by atoms with Crippen molar-refractivity contribution in [3.8, 4) is 0 Å². The van der Waals surface area contributed by atoms with Crippen molar-refractivity contribution < 1.29 is 19.3 Å². The molecular formula is C14H16N4O5S. The number of nitro groups is 1. The van der Waals surface area contributed by atoms with E-state index in [9.17, 15) is 24.5 Å². The molecule has 2 fully saturated rings. The molecule has 1 spiro atoms. The summed E-state index contributed by atoms with van der Waals surface area (Å²) in [5.74, 6) is -1.18. The third kappa shape index (κ3) is 2.62. The van der Waals surface area contributed by atoms with Gasteiger partial charge in [0.1, 0.15) is 10.4 Å². The van der Waals surface area contributed by atoms with Crippen LogP contribution in [0.1, 0.15) is 46.7 Å². The molecule has 1 aliphatic carbocycles. The first-order valence-electron chi connectivity index (χ1n) is 7.56. The van der Waals surface area contributed by atoms with Gasteiger partial charge in [0.15, 0.2) is 0 Å². The minimum absolute atomic E-state index is 0.0735. The Morgan fingerprint density at radius 2 is 2.04 bits per heavy atom. The Morgan fingerprint density at radius 1 is 1.38 bits per heavy atom. The number of hydrogen-bond acceptors (Lipinski definition) is 6. The molecular weight excluding hydrogens is 336 g/mol. The molecule has 0 bridgehead atoms. The Bertz CT molecular complexity index is 738. The number of hydrazine groups is 1. The fourth-order valence-electron chi connectivity index (χ4n) is 3.14. The van der Waals surface area contributed by atoms with Gasteiger partial charge in [0.2, 0.25) is 0 Å². The number of nitrogens with one attached hydrogen (secondary N) is 2. The third-order valence-electron chi connectivity index (χ3n) is 4.39. The van der Waals surface area contributed by atoms with Crippen molar-refractivity contribution in [2.45, 2.75) is 44.6 Å². The second-order valence-electron chi connectivity index (χ2n) is 5.96. The Kier molecular flexibility index (Phi) is 3.99. The van der Waals surface area contributed by atoms with Gasteiger partial charge in [-0.1, -0.05) is 19.3 Å². The predicted molar refractivity (Wildman–Crippen MR) is 84.4 cm³/mol. The number of carbonyl (C=O) groups excluding carboxylic acids is 3. The second-order valence-corrected chi connectivity index (χ2v) is 7.22. The summed E-state index contributed by atoms with van der Waals surface area (Å²) >= 11 is 0.940. The van der Waals surface area contributed by atoms with Crippen LogP contribution in [0, 0.1) is 17.0 Å². The Labute approximate surface area is 141 Å². The predicted octanol–water partition coefficient (Wildman–Crippen LogP) is 1.86. The molecule has 2 heterocycles. The molecule has 24 heavy (non-hydrogen) atoms. The lowest BCUT2D eigenvalue weighted by atomic mass is 9.82. The van der Waals surface area contributed by atoms with Crippen molar-refractivity contribution >= 4 is 34.9 Å². The third-order valence-corrected chi connectivity index (χ3v) is 5.43. The van der Waals surface area contributed by atoms with Crippen molar-refractivity contribution in [2.75, 3.05) is 0 Å². The summed E-state index contributed by atoms with van der Waals surface area (Å²) in [4.78, 5) is 47.6. The zero-order valence-electron chi connectivity index (χ0n) is 13.0. The van der Waals surface area contributed by atoms with Crippen molar-refractivity contribution in [3.05, 3.63) is 25.9 Å². The van der Waals surface area contributed by atoms with Crippen LogP contribution in [-0.4, -0.2) is 33.3 Å². The average molecular weight is 352 g/mol. The van der Waals surface area contributed by atoms with E-state index in [-0.39, 0.29) is 10.6 Å². The molecule has 4 amide bonds. The van der Waals surface area contributed by atoms with E-state index < -0.39 is 28.3 Å². The summed E-state index contributed by atoms with van der Waals surface area (Å²) in [6, 6.07) is 0.475. The lowest BCUT2D eigenvalue weighted by Crippen LogP contribution is -2.50. The van der Waals surface area contributed by atoms with Crippen LogP contribution in [0.2, 0.25) is 0 Å². The molecule has 0 radical (unpaired) electrons. The molecule has 3 rings (SSSR count). The van der Waals surface area contributed by atoms with Crippen LogP contribution in [0.15, 0.2) is 6.07 Å². The lowest BCUT2D eigenvalue weighted by Gasteiger charge is -2.30. The van der Waals surface area contributed by atoms with Crippen LogP contribution in [0.25, 0.3) is 0 Å². The van der Waals surface area contributed by atoms with Gasteiger partial charge in [-0.25, -0.2) is 4.79 Å². The molecule has 10 heteroatoms. The molecule has 0 aromatic carbocycles. The molecule has 1 aromatic rings. The van der Waals surface area contributed by atoms with Crippen molar-refractivity contribution in [1.29, 1.82) is 0 Å². The fourth-order valence-corrected chi connectivity index (χ4v) is 4.02. The molecule has 128 valence electrons. The van der Waals surface area contributed by atoms with Crippen LogP contribution in [0.4, 0.5) is 10.5 Å². The summed E-state index contributed by atoms with van der Waals surface area (Å²) in [7, 11) is 0. The number of carbonyl (C=O) groups is 3. The van der Waals surface area contributed by atoms with Crippen LogP contribution in [0.5, 0.6) is 0 Å². The minimum atomic E-state index is -0.931. The number of urea groups is 1. The molecule has 1 saturated carbocycles. The van der Waals surface area contributed by atoms with Crippen molar-refractivity contribution in [1.82, 2.24) is 15.8 Å². The van der Waals surface area contributed by atoms with Gasteiger partial charge >= 0.3 is 6.03 Å². The molecule has 1 aromatic heterocycles. The van der Waals surface area contributed by atoms with Gasteiger partial charge in [-0.15, -0.1) is 11.3 Å². The van der Waals surface area contributed by atoms with E-state index in [1.807, 2.05) is 0 Å². The maximum absolute atomic E-state index is 12.6. The van der Waals surface area contributed by atoms with E-state index in [0.29, 0.717) is 22.7 Å². The highest BCUT2D eigenvalue weighted by Gasteiger charge is 2.52. The standard InChI is InChI=1S/C14H16N4O5S/c1-8-9(18(22)23)7-10(24-8)11(19)16-17-12(20)14(15-13(17)21)5-3-2-4-6-14/h7H,2-6H2,1H3,(H,15,21)(H,16,19). The van der Waals surface area contributed by atoms with Gasteiger partial charge in [0.05, 0.1) is 9.80 Å². The topological polar surface area (TPSA) is 122 Å². The first-order chi connectivity index (χ1) is 11.3. The van der Waals surface area contributed by atoms with E-state index in [2.05, 4.69) is 10.7 Å². The molecule has 2 aliphatic rings. The monoisotopic (exact) mass is 352 g/mol. The molecule has 1 saturated heterocycles. The fraction of sp³-hybridized carbons (Fsp3) is 0.500. The number of nitrogens with zero attached hydrogens (tertiary/aromatic N) is 2. The maximum atomic E-state index is 12.6. The number of aryl methyl sites for hydroxylation is 1. The van der Waals surface area contributed by atoms with Crippen LogP contribution < -0.4 is 10.7 Å². The average Bonchev–Trinajstić information content (AvgIpc) is 3.03. The van der Waals surface area contributed by atoms with Crippen LogP contribution in [0.3, 0.4) is 0 Å². The largest absolute Gasteiger partial charge is 0.344 e. The van der Waals surface area contributed by atoms with E-state index >= 15 is 0 Å². The highest BCUT2D eigenvalue weighted by atomic mass is 32.1. The number of amides is 4. The first-order valence-corrected chi connectivity index (χ1v) is 8.38. The van der Waals surface area contributed by atoms with Crippen LogP contribution >= 0.6 is 11.3 Å². The quantitative estimate of drug-likeness (QED) is 0.488. The normalized spacial score (nSPS) is 19.5. The minimum Gasteiger partial charge on any atom is -0.322 e. The highest BCUT2D eigenvalue weighted by molar-refractivity contribution is 7.14. The van der Waals surface area contributed by atoms with Gasteiger partial charge in [0, 0.05) is 6.07 Å². The summed E-state index contributed by atoms with van der Waals surface area (Å²) in [5.41, 5.74) is 1.17. The molecule has 9 nitrogen and oxygen atoms in total. The summed E-state index contributed by atoms with van der Waals surface area (Å²) in [5, 5.41) is 14.2. The highest BCUT2D eigenvalue weighted by Crippen LogP contribution is 2.33. The van der Waals surface area contributed by atoms with Crippen molar-refractivity contribution in [2.24, 2.45) is 0 Å². The smallest absolute Gasteiger partial charge is 0.322 e. The van der Waals surface area contributed by atoms with Crippen LogP contribution in [-0.2, 0) is 4.79 Å². The Morgan fingerprint density at radius 3 is 2.62 bits per heavy atom. The van der Waals surface area contributed by atoms with Gasteiger partial charge < -0.3 is 5.32 Å². The summed E-state index contributed by atoms with van der Waals surface area (Å²) in [6.45, 7) is 1.53. The number of hydrogen-bond donors (Lipinski definition) is 2.